The Morgan fingerprint density at radius 2 is 1.67 bits per heavy atom. The molecule has 1 aromatic rings. The molecule has 0 saturated carbocycles. The molecular formula is C16H23F2N3O2S. The first-order valence-corrected chi connectivity index (χ1v) is 8.27. The van der Waals surface area contributed by atoms with E-state index in [0.29, 0.717) is 22.3 Å². The lowest BCUT2D eigenvalue weighted by atomic mass is 10.1. The van der Waals surface area contributed by atoms with Gasteiger partial charge in [-0.25, -0.2) is 0 Å². The van der Waals surface area contributed by atoms with Gasteiger partial charge in [-0.2, -0.15) is 8.78 Å². The lowest BCUT2D eigenvalue weighted by molar-refractivity contribution is -0.124. The minimum absolute atomic E-state index is 0.0467. The van der Waals surface area contributed by atoms with Gasteiger partial charge < -0.3 is 10.6 Å². The van der Waals surface area contributed by atoms with Gasteiger partial charge in [-0.05, 0) is 52.1 Å². The molecule has 0 saturated heterocycles. The molecule has 1 aromatic carbocycles. The number of hydrogen-bond donors (Lipinski definition) is 2. The first-order chi connectivity index (χ1) is 11.0. The van der Waals surface area contributed by atoms with E-state index in [4.69, 9.17) is 0 Å². The number of halogens is 2. The van der Waals surface area contributed by atoms with Crippen molar-refractivity contribution in [1.29, 1.82) is 0 Å². The Kier molecular flexibility index (Phi) is 7.62. The molecule has 0 unspecified atom stereocenters. The van der Waals surface area contributed by atoms with E-state index in [1.165, 1.54) is 12.1 Å². The number of carbonyl (C=O) groups is 2. The average molecular weight is 359 g/mol. The number of nitrogens with zero attached hydrogens (tertiary/aromatic N) is 1. The fourth-order valence-corrected chi connectivity index (χ4v) is 2.42. The predicted molar refractivity (Wildman–Crippen MR) is 92.3 cm³/mol. The van der Waals surface area contributed by atoms with Crippen LogP contribution in [0.15, 0.2) is 29.2 Å². The standard InChI is InChI=1S/C16H23F2N3O2S/c1-16(2,3)20-14(23)10-21(4)9-13(22)19-11-5-7-12(8-6-11)24-15(17)18/h5-8,15H,9-10H2,1-4H3,(H,19,22)(H,20,23). The summed E-state index contributed by atoms with van der Waals surface area (Å²) in [5.74, 6) is -2.92. The molecule has 24 heavy (non-hydrogen) atoms. The number of hydrogen-bond acceptors (Lipinski definition) is 4. The summed E-state index contributed by atoms with van der Waals surface area (Å²) in [6, 6.07) is 6.17. The first kappa shape index (κ1) is 20.4. The van der Waals surface area contributed by atoms with Gasteiger partial charge in [0.05, 0.1) is 13.1 Å². The fourth-order valence-electron chi connectivity index (χ4n) is 1.92. The van der Waals surface area contributed by atoms with Crippen LogP contribution in [0.2, 0.25) is 0 Å². The van der Waals surface area contributed by atoms with Crippen molar-refractivity contribution in [1.82, 2.24) is 10.2 Å². The maximum absolute atomic E-state index is 12.2. The monoisotopic (exact) mass is 359 g/mol. The van der Waals surface area contributed by atoms with Crippen molar-refractivity contribution >= 4 is 29.3 Å². The number of carbonyl (C=O) groups excluding carboxylic acids is 2. The Bertz CT molecular complexity index is 559. The number of likely N-dealkylation sites (N-methyl/N-ethyl adjacent to an activating group) is 1. The Morgan fingerprint density at radius 3 is 2.17 bits per heavy atom. The Balaban J connectivity index is 2.43. The molecule has 2 N–H and O–H groups in total. The highest BCUT2D eigenvalue weighted by atomic mass is 32.2. The topological polar surface area (TPSA) is 61.4 Å². The molecule has 0 aliphatic rings. The number of benzene rings is 1. The van der Waals surface area contributed by atoms with Crippen LogP contribution in [0.25, 0.3) is 0 Å². The second-order valence-electron chi connectivity index (χ2n) is 6.42. The summed E-state index contributed by atoms with van der Waals surface area (Å²) in [6.07, 6.45) is 0. The van der Waals surface area contributed by atoms with E-state index >= 15 is 0 Å². The number of rotatable bonds is 7. The van der Waals surface area contributed by atoms with Crippen LogP contribution < -0.4 is 10.6 Å². The molecule has 0 aromatic heterocycles. The number of nitrogens with one attached hydrogen (secondary N) is 2. The molecule has 1 rings (SSSR count). The van der Waals surface area contributed by atoms with Crippen molar-refractivity contribution < 1.29 is 18.4 Å². The van der Waals surface area contributed by atoms with Gasteiger partial charge in [0.2, 0.25) is 11.8 Å². The van der Waals surface area contributed by atoms with Crippen LogP contribution in [0.3, 0.4) is 0 Å². The average Bonchev–Trinajstić information content (AvgIpc) is 2.37. The highest BCUT2D eigenvalue weighted by molar-refractivity contribution is 7.99. The third-order valence-electron chi connectivity index (χ3n) is 2.70. The van der Waals surface area contributed by atoms with Gasteiger partial charge in [0.1, 0.15) is 0 Å². The molecule has 5 nitrogen and oxygen atoms in total. The number of alkyl halides is 2. The smallest absolute Gasteiger partial charge is 0.288 e. The lowest BCUT2D eigenvalue weighted by Gasteiger charge is -2.23. The molecule has 8 heteroatoms. The molecule has 0 spiro atoms. The van der Waals surface area contributed by atoms with Crippen molar-refractivity contribution in [2.75, 3.05) is 25.5 Å². The summed E-state index contributed by atoms with van der Waals surface area (Å²) in [5, 5.41) is 5.48. The molecule has 2 amide bonds. The van der Waals surface area contributed by atoms with Gasteiger partial charge in [-0.1, -0.05) is 11.8 Å². The van der Waals surface area contributed by atoms with E-state index in [-0.39, 0.29) is 30.4 Å². The maximum atomic E-state index is 12.2. The van der Waals surface area contributed by atoms with E-state index in [9.17, 15) is 18.4 Å². The molecule has 0 heterocycles. The van der Waals surface area contributed by atoms with E-state index in [1.54, 1.807) is 24.1 Å². The summed E-state index contributed by atoms with van der Waals surface area (Å²) in [6.45, 7) is 5.80. The summed E-state index contributed by atoms with van der Waals surface area (Å²) in [7, 11) is 1.67. The lowest BCUT2D eigenvalue weighted by Crippen LogP contribution is -2.46. The van der Waals surface area contributed by atoms with Gasteiger partial charge >= 0.3 is 0 Å². The van der Waals surface area contributed by atoms with Crippen molar-refractivity contribution in [3.05, 3.63) is 24.3 Å². The van der Waals surface area contributed by atoms with E-state index in [1.807, 2.05) is 20.8 Å². The quantitative estimate of drug-likeness (QED) is 0.735. The van der Waals surface area contributed by atoms with Crippen LogP contribution in [0.4, 0.5) is 14.5 Å². The van der Waals surface area contributed by atoms with Crippen molar-refractivity contribution in [2.24, 2.45) is 0 Å². The van der Waals surface area contributed by atoms with E-state index in [0.717, 1.165) is 0 Å². The molecule has 0 aliphatic heterocycles. The number of thioether (sulfide) groups is 1. The zero-order valence-electron chi connectivity index (χ0n) is 14.2. The maximum Gasteiger partial charge on any atom is 0.288 e. The molecule has 0 aliphatic carbocycles. The van der Waals surface area contributed by atoms with Gasteiger partial charge in [-0.3, -0.25) is 14.5 Å². The minimum Gasteiger partial charge on any atom is -0.350 e. The summed E-state index contributed by atoms with van der Waals surface area (Å²) in [4.78, 5) is 25.8. The highest BCUT2D eigenvalue weighted by Gasteiger charge is 2.16. The summed E-state index contributed by atoms with van der Waals surface area (Å²) in [5.41, 5.74) is 0.198. The second kappa shape index (κ2) is 8.98. The molecule has 0 fully saturated rings. The number of amides is 2. The van der Waals surface area contributed by atoms with Gasteiger partial charge in [0, 0.05) is 16.1 Å². The SMILES string of the molecule is CN(CC(=O)Nc1ccc(SC(F)F)cc1)CC(=O)NC(C)(C)C. The molecule has 0 bridgehead atoms. The van der Waals surface area contributed by atoms with Crippen molar-refractivity contribution in [2.45, 2.75) is 37.0 Å². The van der Waals surface area contributed by atoms with Crippen molar-refractivity contribution in [3.8, 4) is 0 Å². The third-order valence-corrected chi connectivity index (χ3v) is 3.43. The molecule has 0 radical (unpaired) electrons. The van der Waals surface area contributed by atoms with Crippen LogP contribution in [0, 0.1) is 0 Å². The normalized spacial score (nSPS) is 11.7. The molecule has 0 atom stereocenters. The van der Waals surface area contributed by atoms with Gasteiger partial charge in [0.15, 0.2) is 0 Å². The minimum atomic E-state index is -2.47. The zero-order chi connectivity index (χ0) is 18.3. The van der Waals surface area contributed by atoms with E-state index in [2.05, 4.69) is 10.6 Å². The second-order valence-corrected chi connectivity index (χ2v) is 7.48. The van der Waals surface area contributed by atoms with Crippen LogP contribution in [-0.4, -0.2) is 48.1 Å². The van der Waals surface area contributed by atoms with Crippen LogP contribution in [0.5, 0.6) is 0 Å². The third kappa shape index (κ3) is 8.83. The Morgan fingerprint density at radius 1 is 1.12 bits per heavy atom. The number of anilines is 1. The van der Waals surface area contributed by atoms with Crippen LogP contribution >= 0.6 is 11.8 Å². The Labute approximate surface area is 145 Å². The zero-order valence-corrected chi connectivity index (χ0v) is 15.0. The fraction of sp³-hybridized carbons (Fsp3) is 0.500. The van der Waals surface area contributed by atoms with Gasteiger partial charge in [0.25, 0.3) is 5.76 Å². The largest absolute Gasteiger partial charge is 0.350 e. The summed E-state index contributed by atoms with van der Waals surface area (Å²) < 4.78 is 24.5. The van der Waals surface area contributed by atoms with Crippen LogP contribution in [0.1, 0.15) is 20.8 Å². The first-order valence-electron chi connectivity index (χ1n) is 7.39. The molecular weight excluding hydrogens is 336 g/mol. The Hall–Kier alpha value is -1.67. The van der Waals surface area contributed by atoms with Crippen molar-refractivity contribution in [3.63, 3.8) is 0 Å². The van der Waals surface area contributed by atoms with E-state index < -0.39 is 5.76 Å². The predicted octanol–water partition coefficient (Wildman–Crippen LogP) is 2.79. The van der Waals surface area contributed by atoms with Crippen LogP contribution in [-0.2, 0) is 9.59 Å². The highest BCUT2D eigenvalue weighted by Crippen LogP contribution is 2.26. The summed E-state index contributed by atoms with van der Waals surface area (Å²) >= 11 is 0.449. The van der Waals surface area contributed by atoms with Gasteiger partial charge in [-0.15, -0.1) is 0 Å². The molecule has 134 valence electrons.